The molecule has 174 valence electrons. The predicted octanol–water partition coefficient (Wildman–Crippen LogP) is 3.29. The number of aromatic nitrogens is 3. The average Bonchev–Trinajstić information content (AvgIpc) is 3.29. The molecule has 0 unspecified atom stereocenters. The van der Waals surface area contributed by atoms with Crippen LogP contribution in [0.25, 0.3) is 11.7 Å². The number of thiazole rings is 1. The Morgan fingerprint density at radius 1 is 1.30 bits per heavy atom. The summed E-state index contributed by atoms with van der Waals surface area (Å²) in [6, 6.07) is 3.66. The number of ether oxygens (including phenoxy) is 1. The molecular weight excluding hydrogens is 447 g/mol. The van der Waals surface area contributed by atoms with E-state index in [1.165, 1.54) is 4.40 Å². The number of hydrogen-bond donors (Lipinski definition) is 1. The van der Waals surface area contributed by atoms with Crippen molar-refractivity contribution in [3.8, 4) is 0 Å². The first kappa shape index (κ1) is 23.1. The highest BCUT2D eigenvalue weighted by Gasteiger charge is 2.21. The Bertz CT molecular complexity index is 1260. The molecule has 10 heteroatoms. The number of carboxylic acid groups (broad SMARTS) is 1. The van der Waals surface area contributed by atoms with Gasteiger partial charge in [0.25, 0.3) is 5.56 Å². The van der Waals surface area contributed by atoms with Crippen LogP contribution in [0, 0.1) is 0 Å². The number of morpholine rings is 1. The van der Waals surface area contributed by atoms with Gasteiger partial charge in [0.15, 0.2) is 0 Å². The van der Waals surface area contributed by atoms with Crippen LogP contribution in [0.3, 0.4) is 0 Å². The van der Waals surface area contributed by atoms with Crippen molar-refractivity contribution in [1.29, 1.82) is 0 Å². The molecule has 4 rings (SSSR count). The number of aliphatic carboxylic acids is 1. The van der Waals surface area contributed by atoms with Gasteiger partial charge in [0.2, 0.25) is 5.83 Å². The van der Waals surface area contributed by atoms with Gasteiger partial charge in [-0.3, -0.25) is 9.20 Å². The molecule has 4 heterocycles. The summed E-state index contributed by atoms with van der Waals surface area (Å²) in [7, 11) is 0. The predicted molar refractivity (Wildman–Crippen MR) is 125 cm³/mol. The van der Waals surface area contributed by atoms with Crippen molar-refractivity contribution >= 4 is 34.8 Å². The Balaban J connectivity index is 1.70. The molecule has 1 aliphatic heterocycles. The Morgan fingerprint density at radius 3 is 2.73 bits per heavy atom. The lowest BCUT2D eigenvalue weighted by Gasteiger charge is -2.29. The highest BCUT2D eigenvalue weighted by molar-refractivity contribution is 7.09. The Hall–Kier alpha value is -3.11. The van der Waals surface area contributed by atoms with Crippen molar-refractivity contribution in [2.45, 2.75) is 32.6 Å². The summed E-state index contributed by atoms with van der Waals surface area (Å²) >= 11 is 1.64. The minimum atomic E-state index is -1.73. The van der Waals surface area contributed by atoms with E-state index in [0.29, 0.717) is 37.9 Å². The molecule has 1 fully saturated rings. The molecule has 0 saturated carbocycles. The number of carbonyl (C=O) groups is 1. The highest BCUT2D eigenvalue weighted by atomic mass is 32.1. The fraction of sp³-hybridized carbons (Fsp3) is 0.391. The molecule has 1 saturated heterocycles. The largest absolute Gasteiger partial charge is 0.476 e. The fourth-order valence-corrected chi connectivity index (χ4v) is 4.58. The van der Waals surface area contributed by atoms with Crippen LogP contribution in [0.2, 0.25) is 0 Å². The normalized spacial score (nSPS) is 14.9. The molecular formula is C23H25FN4O4S. The standard InChI is InChI=1S/C23H25FN4O4S/c1-14(2)18-13-33-20(25-18)4-3-15-5-6-28-19(11-15)26-21(27-7-9-32-10-8-27)16(22(28)29)12-17(24)23(30)31/h5-6,11-14H,3-4,7-10H2,1-2H3,(H,30,31)/b17-12+. The van der Waals surface area contributed by atoms with E-state index >= 15 is 0 Å². The number of nitrogens with zero attached hydrogens (tertiary/aromatic N) is 4. The molecule has 1 aliphatic rings. The maximum atomic E-state index is 14.0. The number of halogens is 1. The van der Waals surface area contributed by atoms with Crippen LogP contribution in [0.15, 0.2) is 34.3 Å². The van der Waals surface area contributed by atoms with Crippen molar-refractivity contribution < 1.29 is 19.0 Å². The molecule has 0 spiro atoms. The van der Waals surface area contributed by atoms with Crippen molar-refractivity contribution in [3.05, 3.63) is 61.7 Å². The van der Waals surface area contributed by atoms with Crippen molar-refractivity contribution in [2.75, 3.05) is 31.2 Å². The monoisotopic (exact) mass is 472 g/mol. The van der Waals surface area contributed by atoms with Crippen molar-refractivity contribution in [1.82, 2.24) is 14.4 Å². The van der Waals surface area contributed by atoms with E-state index in [0.717, 1.165) is 35.2 Å². The zero-order valence-corrected chi connectivity index (χ0v) is 19.3. The second-order valence-corrected chi connectivity index (χ2v) is 9.08. The molecule has 0 aliphatic carbocycles. The van der Waals surface area contributed by atoms with E-state index in [9.17, 15) is 14.0 Å². The van der Waals surface area contributed by atoms with Gasteiger partial charge in [0.1, 0.15) is 11.5 Å². The van der Waals surface area contributed by atoms with E-state index in [1.54, 1.807) is 17.5 Å². The lowest BCUT2D eigenvalue weighted by atomic mass is 10.1. The third kappa shape index (κ3) is 5.12. The number of hydrogen-bond acceptors (Lipinski definition) is 7. The second kappa shape index (κ2) is 9.80. The topological polar surface area (TPSA) is 97.0 Å². The zero-order valence-electron chi connectivity index (χ0n) is 18.5. The van der Waals surface area contributed by atoms with Gasteiger partial charge in [-0.05, 0) is 36.1 Å². The number of aryl methyl sites for hydroxylation is 2. The third-order valence-electron chi connectivity index (χ3n) is 5.48. The van der Waals surface area contributed by atoms with Gasteiger partial charge in [-0.2, -0.15) is 4.39 Å². The van der Waals surface area contributed by atoms with Gasteiger partial charge in [0.05, 0.1) is 29.5 Å². The van der Waals surface area contributed by atoms with Crippen molar-refractivity contribution in [3.63, 3.8) is 0 Å². The molecule has 8 nitrogen and oxygen atoms in total. The fourth-order valence-electron chi connectivity index (χ4n) is 3.62. The van der Waals surface area contributed by atoms with Gasteiger partial charge in [-0.1, -0.05) is 13.8 Å². The summed E-state index contributed by atoms with van der Waals surface area (Å²) in [5.74, 6) is -2.49. The maximum absolute atomic E-state index is 14.0. The number of pyridine rings is 1. The molecule has 0 aromatic carbocycles. The van der Waals surface area contributed by atoms with Gasteiger partial charge in [-0.25, -0.2) is 14.8 Å². The summed E-state index contributed by atoms with van der Waals surface area (Å²) in [4.78, 5) is 35.3. The molecule has 0 amide bonds. The first-order chi connectivity index (χ1) is 15.8. The number of carboxylic acids is 1. The van der Waals surface area contributed by atoms with E-state index < -0.39 is 17.4 Å². The minimum Gasteiger partial charge on any atom is -0.476 e. The molecule has 0 bridgehead atoms. The Labute approximate surface area is 194 Å². The van der Waals surface area contributed by atoms with Crippen LogP contribution < -0.4 is 10.5 Å². The highest BCUT2D eigenvalue weighted by Crippen LogP contribution is 2.22. The number of anilines is 1. The van der Waals surface area contributed by atoms with E-state index in [2.05, 4.69) is 29.2 Å². The minimum absolute atomic E-state index is 0.0916. The molecule has 3 aromatic rings. The number of fused-ring (bicyclic) bond motifs is 1. The molecule has 0 atom stereocenters. The smallest absolute Gasteiger partial charge is 0.364 e. The van der Waals surface area contributed by atoms with E-state index in [4.69, 9.17) is 9.84 Å². The molecule has 33 heavy (non-hydrogen) atoms. The van der Waals surface area contributed by atoms with E-state index in [1.807, 2.05) is 17.0 Å². The van der Waals surface area contributed by atoms with Gasteiger partial charge in [0, 0.05) is 31.1 Å². The lowest BCUT2D eigenvalue weighted by Crippen LogP contribution is -2.38. The molecule has 1 N–H and O–H groups in total. The van der Waals surface area contributed by atoms with Gasteiger partial charge in [-0.15, -0.1) is 11.3 Å². The quantitative estimate of drug-likeness (QED) is 0.527. The third-order valence-corrected chi connectivity index (χ3v) is 6.41. The van der Waals surface area contributed by atoms with Gasteiger partial charge >= 0.3 is 5.97 Å². The lowest BCUT2D eigenvalue weighted by molar-refractivity contribution is -0.134. The number of rotatable bonds is 7. The first-order valence-corrected chi connectivity index (χ1v) is 11.6. The van der Waals surface area contributed by atoms with Crippen molar-refractivity contribution in [2.24, 2.45) is 0 Å². The summed E-state index contributed by atoms with van der Waals surface area (Å²) in [6.07, 6.45) is 3.86. The van der Waals surface area contributed by atoms with Crippen LogP contribution >= 0.6 is 11.3 Å². The first-order valence-electron chi connectivity index (χ1n) is 10.8. The Kier molecular flexibility index (Phi) is 6.85. The molecule has 0 radical (unpaired) electrons. The van der Waals surface area contributed by atoms with E-state index in [-0.39, 0.29) is 11.4 Å². The SMILES string of the molecule is CC(C)c1csc(CCc2ccn3c(=O)c(/C=C(/F)C(=O)O)c(N4CCOCC4)nc3c2)n1. The second-order valence-electron chi connectivity index (χ2n) is 8.14. The van der Waals surface area contributed by atoms with Crippen LogP contribution in [0.4, 0.5) is 10.2 Å². The Morgan fingerprint density at radius 2 is 2.06 bits per heavy atom. The summed E-state index contributed by atoms with van der Waals surface area (Å²) < 4.78 is 20.6. The van der Waals surface area contributed by atoms with Crippen LogP contribution in [0.5, 0.6) is 0 Å². The van der Waals surface area contributed by atoms with Crippen LogP contribution in [0.1, 0.15) is 41.6 Å². The molecule has 3 aromatic heterocycles. The average molecular weight is 473 g/mol. The maximum Gasteiger partial charge on any atom is 0.364 e. The zero-order chi connectivity index (χ0) is 23.5. The summed E-state index contributed by atoms with van der Waals surface area (Å²) in [5, 5.41) is 12.1. The van der Waals surface area contributed by atoms with Crippen LogP contribution in [-0.2, 0) is 22.4 Å². The summed E-state index contributed by atoms with van der Waals surface area (Å²) in [6.45, 7) is 6.06. The van der Waals surface area contributed by atoms with Crippen LogP contribution in [-0.4, -0.2) is 51.7 Å². The van der Waals surface area contributed by atoms with Gasteiger partial charge < -0.3 is 14.7 Å². The summed E-state index contributed by atoms with van der Waals surface area (Å²) in [5.41, 5.74) is 1.90.